The van der Waals surface area contributed by atoms with Crippen LogP contribution in [0.15, 0.2) is 54.9 Å². The predicted octanol–water partition coefficient (Wildman–Crippen LogP) is 4.33. The summed E-state index contributed by atoms with van der Waals surface area (Å²) in [6, 6.07) is 13.4. The molecule has 2 aromatic heterocycles. The Balaban J connectivity index is 1.34. The molecule has 1 fully saturated rings. The predicted molar refractivity (Wildman–Crippen MR) is 113 cm³/mol. The number of aromatic nitrogens is 2. The van der Waals surface area contributed by atoms with Crippen LogP contribution in [0.3, 0.4) is 0 Å². The topological polar surface area (TPSA) is 70.2 Å². The molecule has 144 valence electrons. The minimum atomic E-state index is -0.255. The molecular weight excluding hydrogens is 350 g/mol. The highest BCUT2D eigenvalue weighted by Crippen LogP contribution is 2.20. The van der Waals surface area contributed by atoms with Gasteiger partial charge in [0.2, 0.25) is 0 Å². The number of amides is 2. The minimum absolute atomic E-state index is 0.255. The van der Waals surface area contributed by atoms with Crippen molar-refractivity contribution in [1.29, 1.82) is 0 Å². The van der Waals surface area contributed by atoms with Crippen LogP contribution in [0.1, 0.15) is 31.2 Å². The largest absolute Gasteiger partial charge is 0.357 e. The van der Waals surface area contributed by atoms with E-state index in [-0.39, 0.29) is 6.03 Å². The van der Waals surface area contributed by atoms with E-state index in [0.29, 0.717) is 12.2 Å². The van der Waals surface area contributed by atoms with Crippen LogP contribution in [-0.4, -0.2) is 29.1 Å². The standard InChI is InChI=1S/C22H25N5O/c28-22(26-19-9-5-7-18-8-6-12-23-21(18)19)25-16-17-10-11-20(24-15-17)27-13-3-1-2-4-14-27/h5-12,15H,1-4,13-14,16H2,(H2,25,26,28). The number of benzene rings is 1. The van der Waals surface area contributed by atoms with Crippen molar-refractivity contribution in [2.24, 2.45) is 0 Å². The molecule has 1 aromatic carbocycles. The average Bonchev–Trinajstić information content (AvgIpc) is 3.03. The molecule has 28 heavy (non-hydrogen) atoms. The number of rotatable bonds is 4. The smallest absolute Gasteiger partial charge is 0.319 e. The zero-order valence-corrected chi connectivity index (χ0v) is 15.9. The van der Waals surface area contributed by atoms with Gasteiger partial charge in [0, 0.05) is 37.4 Å². The average molecular weight is 375 g/mol. The van der Waals surface area contributed by atoms with Crippen molar-refractivity contribution in [2.45, 2.75) is 32.2 Å². The zero-order valence-electron chi connectivity index (χ0n) is 15.9. The Morgan fingerprint density at radius 3 is 2.57 bits per heavy atom. The minimum Gasteiger partial charge on any atom is -0.357 e. The van der Waals surface area contributed by atoms with Gasteiger partial charge in [-0.25, -0.2) is 9.78 Å². The second-order valence-corrected chi connectivity index (χ2v) is 7.11. The maximum atomic E-state index is 12.3. The van der Waals surface area contributed by atoms with Gasteiger partial charge in [-0.2, -0.15) is 0 Å². The van der Waals surface area contributed by atoms with Gasteiger partial charge in [0.15, 0.2) is 0 Å². The van der Waals surface area contributed by atoms with Gasteiger partial charge in [-0.05, 0) is 36.6 Å². The van der Waals surface area contributed by atoms with E-state index in [1.165, 1.54) is 25.7 Å². The summed E-state index contributed by atoms with van der Waals surface area (Å²) in [5.74, 6) is 1.02. The molecule has 3 aromatic rings. The summed E-state index contributed by atoms with van der Waals surface area (Å²) in [6.07, 6.45) is 8.64. The van der Waals surface area contributed by atoms with Gasteiger partial charge >= 0.3 is 6.03 Å². The fraction of sp³-hybridized carbons (Fsp3) is 0.318. The Morgan fingerprint density at radius 2 is 1.79 bits per heavy atom. The third-order valence-corrected chi connectivity index (χ3v) is 5.07. The van der Waals surface area contributed by atoms with Crippen LogP contribution < -0.4 is 15.5 Å². The molecule has 0 atom stereocenters. The Morgan fingerprint density at radius 1 is 0.964 bits per heavy atom. The highest BCUT2D eigenvalue weighted by molar-refractivity contribution is 5.99. The molecule has 6 heteroatoms. The van der Waals surface area contributed by atoms with E-state index in [9.17, 15) is 4.79 Å². The number of hydrogen-bond donors (Lipinski definition) is 2. The first-order chi connectivity index (χ1) is 13.8. The van der Waals surface area contributed by atoms with Crippen LogP contribution in [-0.2, 0) is 6.54 Å². The van der Waals surface area contributed by atoms with E-state index in [2.05, 4.69) is 31.6 Å². The quantitative estimate of drug-likeness (QED) is 0.712. The molecule has 4 rings (SSSR count). The number of nitrogens with zero attached hydrogens (tertiary/aromatic N) is 3. The molecule has 0 bridgehead atoms. The first kappa shape index (κ1) is 18.2. The summed E-state index contributed by atoms with van der Waals surface area (Å²) in [5.41, 5.74) is 2.46. The van der Waals surface area contributed by atoms with E-state index in [0.717, 1.165) is 35.4 Å². The van der Waals surface area contributed by atoms with Crippen LogP contribution in [0.5, 0.6) is 0 Å². The fourth-order valence-electron chi connectivity index (χ4n) is 3.56. The number of anilines is 2. The molecule has 3 heterocycles. The second kappa shape index (κ2) is 8.69. The van der Waals surface area contributed by atoms with Crippen LogP contribution in [0.4, 0.5) is 16.3 Å². The van der Waals surface area contributed by atoms with Gasteiger partial charge < -0.3 is 15.5 Å². The monoisotopic (exact) mass is 375 g/mol. The van der Waals surface area contributed by atoms with Crippen molar-refractivity contribution in [3.63, 3.8) is 0 Å². The number of hydrogen-bond acceptors (Lipinski definition) is 4. The third-order valence-electron chi connectivity index (χ3n) is 5.07. The van der Waals surface area contributed by atoms with Crippen molar-refractivity contribution in [2.75, 3.05) is 23.3 Å². The SMILES string of the molecule is O=C(NCc1ccc(N2CCCCCC2)nc1)Nc1cccc2cccnc12. The van der Waals surface area contributed by atoms with Crippen LogP contribution in [0, 0.1) is 0 Å². The van der Waals surface area contributed by atoms with Crippen molar-refractivity contribution in [3.8, 4) is 0 Å². The molecule has 1 saturated heterocycles. The molecule has 6 nitrogen and oxygen atoms in total. The molecule has 0 spiro atoms. The lowest BCUT2D eigenvalue weighted by Crippen LogP contribution is -2.28. The molecule has 1 aliphatic rings. The van der Waals surface area contributed by atoms with Crippen LogP contribution >= 0.6 is 0 Å². The van der Waals surface area contributed by atoms with Crippen molar-refractivity contribution in [3.05, 3.63) is 60.4 Å². The number of nitrogens with one attached hydrogen (secondary N) is 2. The van der Waals surface area contributed by atoms with E-state index in [4.69, 9.17) is 0 Å². The van der Waals surface area contributed by atoms with Crippen molar-refractivity contribution < 1.29 is 4.79 Å². The molecule has 0 radical (unpaired) electrons. The van der Waals surface area contributed by atoms with E-state index >= 15 is 0 Å². The summed E-state index contributed by atoms with van der Waals surface area (Å²) in [7, 11) is 0. The summed E-state index contributed by atoms with van der Waals surface area (Å²) in [5, 5.41) is 6.77. The Hall–Kier alpha value is -3.15. The second-order valence-electron chi connectivity index (χ2n) is 7.11. The summed E-state index contributed by atoms with van der Waals surface area (Å²) in [4.78, 5) is 23.6. The summed E-state index contributed by atoms with van der Waals surface area (Å²) >= 11 is 0. The lowest BCUT2D eigenvalue weighted by atomic mass is 10.2. The van der Waals surface area contributed by atoms with Gasteiger partial charge in [-0.3, -0.25) is 4.98 Å². The number of carbonyl (C=O) groups excluding carboxylic acids is 1. The first-order valence-corrected chi connectivity index (χ1v) is 9.88. The number of carbonyl (C=O) groups is 1. The Kier molecular flexibility index (Phi) is 5.66. The Bertz CT molecular complexity index is 928. The van der Waals surface area contributed by atoms with Crippen LogP contribution in [0.25, 0.3) is 10.9 Å². The van der Waals surface area contributed by atoms with Gasteiger partial charge in [0.1, 0.15) is 5.82 Å². The number of fused-ring (bicyclic) bond motifs is 1. The number of urea groups is 1. The normalized spacial score (nSPS) is 14.5. The summed E-state index contributed by atoms with van der Waals surface area (Å²) in [6.45, 7) is 2.58. The van der Waals surface area contributed by atoms with Crippen molar-refractivity contribution >= 4 is 28.4 Å². The molecule has 0 aliphatic carbocycles. The lowest BCUT2D eigenvalue weighted by molar-refractivity contribution is 0.252. The first-order valence-electron chi connectivity index (χ1n) is 9.88. The molecule has 0 unspecified atom stereocenters. The maximum Gasteiger partial charge on any atom is 0.319 e. The van der Waals surface area contributed by atoms with Crippen molar-refractivity contribution in [1.82, 2.24) is 15.3 Å². The van der Waals surface area contributed by atoms with E-state index in [1.807, 2.05) is 42.6 Å². The lowest BCUT2D eigenvalue weighted by Gasteiger charge is -2.21. The van der Waals surface area contributed by atoms with Gasteiger partial charge in [0.05, 0.1) is 11.2 Å². The van der Waals surface area contributed by atoms with E-state index in [1.54, 1.807) is 6.20 Å². The van der Waals surface area contributed by atoms with Gasteiger partial charge in [0.25, 0.3) is 0 Å². The molecule has 2 N–H and O–H groups in total. The highest BCUT2D eigenvalue weighted by Gasteiger charge is 2.11. The zero-order chi connectivity index (χ0) is 19.2. The summed E-state index contributed by atoms with van der Waals surface area (Å²) < 4.78 is 0. The van der Waals surface area contributed by atoms with Gasteiger partial charge in [-0.1, -0.05) is 37.1 Å². The van der Waals surface area contributed by atoms with Gasteiger partial charge in [-0.15, -0.1) is 0 Å². The third kappa shape index (κ3) is 4.39. The number of pyridine rings is 2. The van der Waals surface area contributed by atoms with E-state index < -0.39 is 0 Å². The molecular formula is C22H25N5O. The fourth-order valence-corrected chi connectivity index (χ4v) is 3.56. The highest BCUT2D eigenvalue weighted by atomic mass is 16.2. The van der Waals surface area contributed by atoms with Crippen LogP contribution in [0.2, 0.25) is 0 Å². The maximum absolute atomic E-state index is 12.3. The number of para-hydroxylation sites is 1. The molecule has 1 aliphatic heterocycles. The molecule has 0 saturated carbocycles. The molecule has 2 amide bonds. The Labute approximate surface area is 165 Å².